The summed E-state index contributed by atoms with van der Waals surface area (Å²) in [5.74, 6) is 2.87. The summed E-state index contributed by atoms with van der Waals surface area (Å²) < 4.78 is 5.23. The number of rotatable bonds is 6. The van der Waals surface area contributed by atoms with Crippen LogP contribution >= 0.6 is 23.4 Å². The van der Waals surface area contributed by atoms with E-state index in [9.17, 15) is 0 Å². The zero-order valence-electron chi connectivity index (χ0n) is 10.7. The molecule has 0 saturated carbocycles. The van der Waals surface area contributed by atoms with Crippen LogP contribution in [0.1, 0.15) is 19.2 Å². The highest BCUT2D eigenvalue weighted by molar-refractivity contribution is 7.98. The molecule has 2 aromatic rings. The van der Waals surface area contributed by atoms with Crippen LogP contribution in [0.4, 0.5) is 0 Å². The Labute approximate surface area is 121 Å². The molecule has 1 atom stereocenters. The van der Waals surface area contributed by atoms with Crippen molar-refractivity contribution in [3.8, 4) is 11.5 Å². The lowest BCUT2D eigenvalue weighted by atomic mass is 10.2. The first kappa shape index (κ1) is 14.4. The fraction of sp³-hybridized carbons (Fsp3) is 0.385. The van der Waals surface area contributed by atoms with Gasteiger partial charge in [-0.25, -0.2) is 0 Å². The first-order valence-corrected chi connectivity index (χ1v) is 7.61. The molecule has 0 saturated heterocycles. The molecule has 0 aliphatic rings. The molecule has 1 heterocycles. The Morgan fingerprint density at radius 3 is 2.95 bits per heavy atom. The van der Waals surface area contributed by atoms with Gasteiger partial charge in [-0.1, -0.05) is 28.9 Å². The lowest BCUT2D eigenvalue weighted by Crippen LogP contribution is -2.15. The normalized spacial score (nSPS) is 12.6. The summed E-state index contributed by atoms with van der Waals surface area (Å²) in [6.45, 7) is 2.00. The molecule has 0 aliphatic heterocycles. The number of benzene rings is 1. The molecule has 2 N–H and O–H groups in total. The van der Waals surface area contributed by atoms with Crippen LogP contribution in [0.5, 0.6) is 0 Å². The molecule has 0 fully saturated rings. The van der Waals surface area contributed by atoms with Gasteiger partial charge in [-0.2, -0.15) is 16.7 Å². The highest BCUT2D eigenvalue weighted by Crippen LogP contribution is 2.26. The van der Waals surface area contributed by atoms with Crippen molar-refractivity contribution in [3.05, 3.63) is 35.1 Å². The number of nitrogens with two attached hydrogens (primary N) is 1. The van der Waals surface area contributed by atoms with Crippen LogP contribution in [0.25, 0.3) is 11.5 Å². The van der Waals surface area contributed by atoms with E-state index in [4.69, 9.17) is 21.9 Å². The molecular weight excluding hydrogens is 282 g/mol. The number of halogens is 1. The van der Waals surface area contributed by atoms with Crippen LogP contribution in [0.2, 0.25) is 5.02 Å². The minimum atomic E-state index is 0.233. The minimum Gasteiger partial charge on any atom is -0.334 e. The molecule has 0 amide bonds. The van der Waals surface area contributed by atoms with Crippen molar-refractivity contribution in [1.29, 1.82) is 0 Å². The van der Waals surface area contributed by atoms with E-state index in [1.165, 1.54) is 0 Å². The summed E-state index contributed by atoms with van der Waals surface area (Å²) in [5, 5.41) is 4.57. The number of thioether (sulfide) groups is 1. The largest absolute Gasteiger partial charge is 0.334 e. The van der Waals surface area contributed by atoms with Gasteiger partial charge in [0.2, 0.25) is 0 Å². The second-order valence-corrected chi connectivity index (χ2v) is 5.83. The molecule has 102 valence electrons. The van der Waals surface area contributed by atoms with E-state index in [1.807, 2.05) is 25.1 Å². The second-order valence-electron chi connectivity index (χ2n) is 4.31. The molecule has 0 spiro atoms. The maximum Gasteiger partial charge on any atom is 0.259 e. The van der Waals surface area contributed by atoms with E-state index in [0.717, 1.165) is 23.5 Å². The van der Waals surface area contributed by atoms with Gasteiger partial charge < -0.3 is 10.3 Å². The minimum absolute atomic E-state index is 0.233. The molecule has 0 bridgehead atoms. The number of hydrogen-bond acceptors (Lipinski definition) is 5. The van der Waals surface area contributed by atoms with Gasteiger partial charge in [0.05, 0.1) is 16.3 Å². The van der Waals surface area contributed by atoms with Crippen molar-refractivity contribution in [3.63, 3.8) is 0 Å². The summed E-state index contributed by atoms with van der Waals surface area (Å²) in [6, 6.07) is 7.66. The Kier molecular flexibility index (Phi) is 5.24. The number of aromatic nitrogens is 2. The predicted octanol–water partition coefficient (Wildman–Crippen LogP) is 3.36. The van der Waals surface area contributed by atoms with E-state index in [2.05, 4.69) is 10.1 Å². The molecular formula is C13H16ClN3OS. The molecule has 0 aliphatic carbocycles. The van der Waals surface area contributed by atoms with Crippen molar-refractivity contribution < 1.29 is 4.52 Å². The van der Waals surface area contributed by atoms with Gasteiger partial charge in [-0.3, -0.25) is 0 Å². The zero-order valence-corrected chi connectivity index (χ0v) is 12.2. The highest BCUT2D eigenvalue weighted by atomic mass is 35.5. The molecule has 0 radical (unpaired) electrons. The second kappa shape index (κ2) is 6.93. The van der Waals surface area contributed by atoms with Crippen molar-refractivity contribution in [1.82, 2.24) is 10.1 Å². The Bertz CT molecular complexity index is 530. The average Bonchev–Trinajstić information content (AvgIpc) is 2.83. The third kappa shape index (κ3) is 4.23. The molecule has 4 nitrogen and oxygen atoms in total. The Hall–Kier alpha value is -1.04. The molecule has 1 aromatic carbocycles. The Morgan fingerprint density at radius 2 is 2.21 bits per heavy atom. The first-order valence-electron chi connectivity index (χ1n) is 6.07. The van der Waals surface area contributed by atoms with E-state index in [1.54, 1.807) is 17.8 Å². The summed E-state index contributed by atoms with van der Waals surface area (Å²) in [7, 11) is 0. The van der Waals surface area contributed by atoms with Crippen LogP contribution in [0, 0.1) is 0 Å². The quantitative estimate of drug-likeness (QED) is 0.828. The van der Waals surface area contributed by atoms with Gasteiger partial charge in [0.25, 0.3) is 5.89 Å². The summed E-state index contributed by atoms with van der Waals surface area (Å²) in [6.07, 6.45) is 0.986. The van der Waals surface area contributed by atoms with E-state index >= 15 is 0 Å². The van der Waals surface area contributed by atoms with Crippen molar-refractivity contribution in [2.24, 2.45) is 5.73 Å². The maximum absolute atomic E-state index is 6.08. The molecule has 19 heavy (non-hydrogen) atoms. The van der Waals surface area contributed by atoms with Crippen molar-refractivity contribution in [2.45, 2.75) is 25.1 Å². The van der Waals surface area contributed by atoms with Gasteiger partial charge in [0, 0.05) is 6.04 Å². The Balaban J connectivity index is 1.94. The lowest BCUT2D eigenvalue weighted by Gasteiger charge is -2.02. The van der Waals surface area contributed by atoms with Gasteiger partial charge in [-0.05, 0) is 31.2 Å². The van der Waals surface area contributed by atoms with Gasteiger partial charge in [-0.15, -0.1) is 0 Å². The van der Waals surface area contributed by atoms with Crippen LogP contribution in [-0.2, 0) is 5.75 Å². The fourth-order valence-electron chi connectivity index (χ4n) is 1.49. The SMILES string of the molecule is CC(N)CCSCc1noc(-c2ccccc2Cl)n1. The van der Waals surface area contributed by atoms with Gasteiger partial charge in [0.1, 0.15) is 0 Å². The van der Waals surface area contributed by atoms with E-state index in [0.29, 0.717) is 16.7 Å². The predicted molar refractivity (Wildman–Crippen MR) is 79.2 cm³/mol. The van der Waals surface area contributed by atoms with Gasteiger partial charge >= 0.3 is 0 Å². The average molecular weight is 298 g/mol. The summed E-state index contributed by atoms with van der Waals surface area (Å²) in [4.78, 5) is 4.34. The highest BCUT2D eigenvalue weighted by Gasteiger charge is 2.11. The third-order valence-corrected chi connectivity index (χ3v) is 3.84. The molecule has 6 heteroatoms. The summed E-state index contributed by atoms with van der Waals surface area (Å²) in [5.41, 5.74) is 6.46. The number of nitrogens with zero attached hydrogens (tertiary/aromatic N) is 2. The van der Waals surface area contributed by atoms with Crippen molar-refractivity contribution in [2.75, 3.05) is 5.75 Å². The zero-order chi connectivity index (χ0) is 13.7. The maximum atomic E-state index is 6.08. The number of hydrogen-bond donors (Lipinski definition) is 1. The van der Waals surface area contributed by atoms with Crippen LogP contribution in [-0.4, -0.2) is 21.9 Å². The van der Waals surface area contributed by atoms with E-state index < -0.39 is 0 Å². The molecule has 1 aromatic heterocycles. The smallest absolute Gasteiger partial charge is 0.259 e. The van der Waals surface area contributed by atoms with Crippen LogP contribution in [0.3, 0.4) is 0 Å². The molecule has 1 unspecified atom stereocenters. The van der Waals surface area contributed by atoms with E-state index in [-0.39, 0.29) is 6.04 Å². The molecule has 2 rings (SSSR count). The van der Waals surface area contributed by atoms with Crippen LogP contribution in [0.15, 0.2) is 28.8 Å². The fourth-order valence-corrected chi connectivity index (χ4v) is 2.69. The van der Waals surface area contributed by atoms with Crippen molar-refractivity contribution >= 4 is 23.4 Å². The van der Waals surface area contributed by atoms with Crippen LogP contribution < -0.4 is 5.73 Å². The Morgan fingerprint density at radius 1 is 1.42 bits per heavy atom. The topological polar surface area (TPSA) is 64.9 Å². The monoisotopic (exact) mass is 297 g/mol. The van der Waals surface area contributed by atoms with Gasteiger partial charge in [0.15, 0.2) is 5.82 Å². The first-order chi connectivity index (χ1) is 9.16. The summed E-state index contributed by atoms with van der Waals surface area (Å²) >= 11 is 7.83. The lowest BCUT2D eigenvalue weighted by molar-refractivity contribution is 0.425. The standard InChI is InChI=1S/C13H16ClN3OS/c1-9(15)6-7-19-8-12-16-13(18-17-12)10-4-2-3-5-11(10)14/h2-5,9H,6-8,15H2,1H3. The third-order valence-electron chi connectivity index (χ3n) is 2.52.